The van der Waals surface area contributed by atoms with Gasteiger partial charge in [-0.05, 0) is 126 Å². The van der Waals surface area contributed by atoms with E-state index in [4.69, 9.17) is 0 Å². The minimum Gasteiger partial charge on any atom is -0.0651 e. The Morgan fingerprint density at radius 1 is 0.375 bits per heavy atom. The summed E-state index contributed by atoms with van der Waals surface area (Å²) in [7, 11) is 0. The van der Waals surface area contributed by atoms with Crippen molar-refractivity contribution in [1.29, 1.82) is 0 Å². The van der Waals surface area contributed by atoms with Crippen LogP contribution in [0.5, 0.6) is 0 Å². The van der Waals surface area contributed by atoms with Crippen LogP contribution in [0.25, 0.3) is 54.2 Å². The molecule has 0 heteroatoms. The lowest BCUT2D eigenvalue weighted by Crippen LogP contribution is -2.02. The molecule has 0 saturated heterocycles. The van der Waals surface area contributed by atoms with E-state index in [0.717, 1.165) is 51.4 Å². The highest BCUT2D eigenvalue weighted by atomic mass is 14.2. The third-order valence-electron chi connectivity index (χ3n) is 8.73. The van der Waals surface area contributed by atoms with Gasteiger partial charge in [-0.2, -0.15) is 0 Å². The summed E-state index contributed by atoms with van der Waals surface area (Å²) < 4.78 is 0. The van der Waals surface area contributed by atoms with Crippen LogP contribution in [0.15, 0.2) is 84.9 Å². The standard InChI is InChI=1S/C40H42/c1-5-13-31-25-39(33(15-7-3)37-23-29-19-11-9-17-27(29)21-35(31)37)40-26-32(14-6-2)36-22-28-18-10-12-20-30(28)24-38(36)34(40)16-8-4/h9-12,17-26H,5-8,13-16H2,1-4H3. The van der Waals surface area contributed by atoms with Crippen LogP contribution >= 0.6 is 0 Å². The largest absolute Gasteiger partial charge is 0.0651 e. The Labute approximate surface area is 240 Å². The van der Waals surface area contributed by atoms with E-state index in [2.05, 4.69) is 113 Å². The molecule has 0 aliphatic rings. The second-order valence-electron chi connectivity index (χ2n) is 11.6. The van der Waals surface area contributed by atoms with Gasteiger partial charge in [0.05, 0.1) is 0 Å². The van der Waals surface area contributed by atoms with Crippen LogP contribution < -0.4 is 0 Å². The summed E-state index contributed by atoms with van der Waals surface area (Å²) in [6.45, 7) is 9.29. The molecule has 0 aliphatic carbocycles. The third kappa shape index (κ3) is 4.68. The highest BCUT2D eigenvalue weighted by Gasteiger charge is 2.20. The first-order valence-electron chi connectivity index (χ1n) is 15.6. The average Bonchev–Trinajstić information content (AvgIpc) is 2.98. The SMILES string of the molecule is CCCc1cc(-c2cc(CCC)c3cc4ccccc4cc3c2CCC)c(CCC)c2cc3ccccc3cc12. The van der Waals surface area contributed by atoms with E-state index in [1.54, 1.807) is 0 Å². The van der Waals surface area contributed by atoms with E-state index < -0.39 is 0 Å². The molecule has 0 amide bonds. The Hall–Kier alpha value is -3.64. The molecule has 6 aromatic carbocycles. The fourth-order valence-corrected chi connectivity index (χ4v) is 6.95. The lowest BCUT2D eigenvalue weighted by molar-refractivity contribution is 0.909. The average molecular weight is 523 g/mol. The second kappa shape index (κ2) is 11.5. The van der Waals surface area contributed by atoms with Crippen molar-refractivity contribution >= 4 is 43.1 Å². The second-order valence-corrected chi connectivity index (χ2v) is 11.6. The third-order valence-corrected chi connectivity index (χ3v) is 8.73. The molecule has 0 saturated carbocycles. The molecule has 40 heavy (non-hydrogen) atoms. The van der Waals surface area contributed by atoms with Gasteiger partial charge in [0.25, 0.3) is 0 Å². The maximum Gasteiger partial charge on any atom is -0.0137 e. The summed E-state index contributed by atoms with van der Waals surface area (Å²) in [6.07, 6.45) is 9.01. The minimum absolute atomic E-state index is 1.10. The lowest BCUT2D eigenvalue weighted by atomic mass is 9.81. The van der Waals surface area contributed by atoms with Crippen LogP contribution in [-0.4, -0.2) is 0 Å². The Morgan fingerprint density at radius 3 is 1.02 bits per heavy atom. The van der Waals surface area contributed by atoms with Crippen LogP contribution in [0.2, 0.25) is 0 Å². The number of fused-ring (bicyclic) bond motifs is 4. The van der Waals surface area contributed by atoms with Gasteiger partial charge in [0.1, 0.15) is 0 Å². The molecule has 0 spiro atoms. The summed E-state index contributed by atoms with van der Waals surface area (Å²) in [6, 6.07) is 32.8. The number of hydrogen-bond donors (Lipinski definition) is 0. The smallest absolute Gasteiger partial charge is 0.0137 e. The molecule has 0 radical (unpaired) electrons. The van der Waals surface area contributed by atoms with E-state index in [1.165, 1.54) is 76.5 Å². The summed E-state index contributed by atoms with van der Waals surface area (Å²) in [5, 5.41) is 11.2. The molecule has 202 valence electrons. The monoisotopic (exact) mass is 522 g/mol. The molecule has 6 rings (SSSR count). The highest BCUT2D eigenvalue weighted by Crippen LogP contribution is 2.42. The van der Waals surface area contributed by atoms with Crippen molar-refractivity contribution in [2.24, 2.45) is 0 Å². The van der Waals surface area contributed by atoms with Gasteiger partial charge in [-0.1, -0.05) is 114 Å². The predicted molar refractivity (Wildman–Crippen MR) is 178 cm³/mol. The van der Waals surface area contributed by atoms with Crippen molar-refractivity contribution in [1.82, 2.24) is 0 Å². The van der Waals surface area contributed by atoms with Crippen molar-refractivity contribution in [2.75, 3.05) is 0 Å². The van der Waals surface area contributed by atoms with Crippen molar-refractivity contribution in [2.45, 2.75) is 79.1 Å². The Kier molecular flexibility index (Phi) is 7.61. The van der Waals surface area contributed by atoms with Crippen molar-refractivity contribution < 1.29 is 0 Å². The molecule has 6 aromatic rings. The Balaban J connectivity index is 1.75. The molecular weight excluding hydrogens is 480 g/mol. The van der Waals surface area contributed by atoms with Crippen LogP contribution in [-0.2, 0) is 25.7 Å². The first-order chi connectivity index (χ1) is 19.7. The highest BCUT2D eigenvalue weighted by molar-refractivity contribution is 6.07. The zero-order valence-electron chi connectivity index (χ0n) is 24.7. The fraction of sp³-hybridized carbons (Fsp3) is 0.300. The first kappa shape index (κ1) is 26.6. The topological polar surface area (TPSA) is 0 Å². The van der Waals surface area contributed by atoms with Gasteiger partial charge in [0, 0.05) is 0 Å². The van der Waals surface area contributed by atoms with Gasteiger partial charge in [0.2, 0.25) is 0 Å². The van der Waals surface area contributed by atoms with Crippen LogP contribution in [0, 0.1) is 0 Å². The Bertz CT molecular complexity index is 1700. The van der Waals surface area contributed by atoms with Gasteiger partial charge in [-0.15, -0.1) is 0 Å². The molecular formula is C40H42. The molecule has 0 fully saturated rings. The van der Waals surface area contributed by atoms with E-state index in [1.807, 2.05) is 0 Å². The van der Waals surface area contributed by atoms with E-state index in [0.29, 0.717) is 0 Å². The lowest BCUT2D eigenvalue weighted by Gasteiger charge is -2.23. The zero-order valence-corrected chi connectivity index (χ0v) is 24.7. The minimum atomic E-state index is 1.10. The maximum atomic E-state index is 2.59. The molecule has 0 aromatic heterocycles. The first-order valence-corrected chi connectivity index (χ1v) is 15.6. The summed E-state index contributed by atoms with van der Waals surface area (Å²) in [4.78, 5) is 0. The summed E-state index contributed by atoms with van der Waals surface area (Å²) in [5.41, 5.74) is 9.01. The zero-order chi connectivity index (χ0) is 27.6. The maximum absolute atomic E-state index is 2.59. The number of rotatable bonds is 9. The number of hydrogen-bond acceptors (Lipinski definition) is 0. The van der Waals surface area contributed by atoms with Crippen LogP contribution in [0.4, 0.5) is 0 Å². The molecule has 0 N–H and O–H groups in total. The van der Waals surface area contributed by atoms with Crippen molar-refractivity contribution in [3.63, 3.8) is 0 Å². The fourth-order valence-electron chi connectivity index (χ4n) is 6.95. The number of benzene rings is 6. The molecule has 0 bridgehead atoms. The normalized spacial score (nSPS) is 11.8. The summed E-state index contributed by atoms with van der Waals surface area (Å²) >= 11 is 0. The van der Waals surface area contributed by atoms with Gasteiger partial charge in [-0.3, -0.25) is 0 Å². The summed E-state index contributed by atoms with van der Waals surface area (Å²) in [5.74, 6) is 0. The van der Waals surface area contributed by atoms with Gasteiger partial charge in [0.15, 0.2) is 0 Å². The number of aryl methyl sites for hydroxylation is 4. The molecule has 0 unspecified atom stereocenters. The molecule has 0 atom stereocenters. The van der Waals surface area contributed by atoms with E-state index >= 15 is 0 Å². The van der Waals surface area contributed by atoms with Crippen LogP contribution in [0.3, 0.4) is 0 Å². The van der Waals surface area contributed by atoms with Crippen molar-refractivity contribution in [3.05, 3.63) is 107 Å². The predicted octanol–water partition coefficient (Wildman–Crippen LogP) is 11.8. The Morgan fingerprint density at radius 2 is 0.700 bits per heavy atom. The van der Waals surface area contributed by atoms with Crippen LogP contribution in [0.1, 0.15) is 75.6 Å². The van der Waals surface area contributed by atoms with Gasteiger partial charge < -0.3 is 0 Å². The van der Waals surface area contributed by atoms with Gasteiger partial charge >= 0.3 is 0 Å². The van der Waals surface area contributed by atoms with E-state index in [-0.39, 0.29) is 0 Å². The quantitative estimate of drug-likeness (QED) is 0.166. The van der Waals surface area contributed by atoms with Gasteiger partial charge in [-0.25, -0.2) is 0 Å². The van der Waals surface area contributed by atoms with Crippen molar-refractivity contribution in [3.8, 4) is 11.1 Å². The van der Waals surface area contributed by atoms with E-state index in [9.17, 15) is 0 Å². The molecule has 0 aliphatic heterocycles. The molecule has 0 nitrogen and oxygen atoms in total. The molecule has 0 heterocycles.